The second-order valence-electron chi connectivity index (χ2n) is 6.07. The van der Waals surface area contributed by atoms with Crippen LogP contribution in [0.2, 0.25) is 5.02 Å². The Morgan fingerprint density at radius 1 is 1.33 bits per heavy atom. The number of hydrogen-bond donors (Lipinski definition) is 1. The highest BCUT2D eigenvalue weighted by Gasteiger charge is 2.20. The van der Waals surface area contributed by atoms with Crippen molar-refractivity contribution in [3.8, 4) is 17.4 Å². The average Bonchev–Trinajstić information content (AvgIpc) is 3.38. The number of hydrogen-bond acceptors (Lipinski definition) is 8. The Bertz CT molecular complexity index is 1290. The third-order valence-corrected chi connectivity index (χ3v) is 7.43. The zero-order valence-electron chi connectivity index (χ0n) is 15.8. The van der Waals surface area contributed by atoms with Crippen molar-refractivity contribution in [2.45, 2.75) is 18.2 Å². The summed E-state index contributed by atoms with van der Waals surface area (Å²) in [6.45, 7) is 3.37. The molecule has 30 heavy (non-hydrogen) atoms. The monoisotopic (exact) mass is 462 g/mol. The minimum absolute atomic E-state index is 0.0254. The van der Waals surface area contributed by atoms with Crippen LogP contribution in [0.1, 0.15) is 18.2 Å². The van der Waals surface area contributed by atoms with Gasteiger partial charge in [0.15, 0.2) is 0 Å². The molecule has 2 aromatic heterocycles. The summed E-state index contributed by atoms with van der Waals surface area (Å²) in [5.74, 6) is -0.0731. The molecule has 0 bridgehead atoms. The largest absolute Gasteiger partial charge is 0.457 e. The van der Waals surface area contributed by atoms with Gasteiger partial charge in [-0.15, -0.1) is 10.2 Å². The summed E-state index contributed by atoms with van der Waals surface area (Å²) >= 11 is 6.85. The normalized spacial score (nSPS) is 11.9. The van der Waals surface area contributed by atoms with Crippen LogP contribution >= 0.6 is 22.9 Å². The van der Waals surface area contributed by atoms with Crippen molar-refractivity contribution in [3.63, 3.8) is 0 Å². The van der Waals surface area contributed by atoms with Crippen molar-refractivity contribution in [2.24, 2.45) is 0 Å². The van der Waals surface area contributed by atoms with Crippen LogP contribution in [-0.2, 0) is 14.6 Å². The number of halogens is 1. The number of amides is 1. The van der Waals surface area contributed by atoms with Gasteiger partial charge >= 0.3 is 0 Å². The number of rotatable bonds is 6. The maximum absolute atomic E-state index is 12.4. The maximum Gasteiger partial charge on any atom is 0.268 e. The lowest BCUT2D eigenvalue weighted by atomic mass is 10.1. The fraction of sp³-hybridized carbons (Fsp3) is 0.158. The van der Waals surface area contributed by atoms with Crippen LogP contribution in [0.4, 0.5) is 5.13 Å². The number of nitriles is 1. The lowest BCUT2D eigenvalue weighted by Crippen LogP contribution is -2.13. The molecule has 0 saturated heterocycles. The minimum atomic E-state index is -3.53. The van der Waals surface area contributed by atoms with E-state index in [9.17, 15) is 18.5 Å². The van der Waals surface area contributed by atoms with Gasteiger partial charge in [-0.1, -0.05) is 42.0 Å². The van der Waals surface area contributed by atoms with E-state index in [4.69, 9.17) is 16.0 Å². The van der Waals surface area contributed by atoms with Crippen LogP contribution in [0.5, 0.6) is 0 Å². The van der Waals surface area contributed by atoms with Crippen LogP contribution in [0.25, 0.3) is 17.4 Å². The van der Waals surface area contributed by atoms with E-state index in [1.54, 1.807) is 24.3 Å². The molecule has 0 aliphatic rings. The Labute approximate surface area is 181 Å². The van der Waals surface area contributed by atoms with E-state index in [0.29, 0.717) is 27.9 Å². The lowest BCUT2D eigenvalue weighted by Gasteiger charge is -2.01. The second-order valence-corrected chi connectivity index (χ2v) is 9.90. The van der Waals surface area contributed by atoms with Crippen LogP contribution in [-0.4, -0.2) is 30.3 Å². The van der Waals surface area contributed by atoms with E-state index in [-0.39, 0.29) is 20.8 Å². The number of carbonyl (C=O) groups is 1. The second kappa shape index (κ2) is 8.79. The van der Waals surface area contributed by atoms with Crippen LogP contribution in [0, 0.1) is 18.3 Å². The van der Waals surface area contributed by atoms with E-state index >= 15 is 0 Å². The third kappa shape index (κ3) is 4.76. The molecule has 0 radical (unpaired) electrons. The summed E-state index contributed by atoms with van der Waals surface area (Å²) in [5, 5.41) is 19.5. The first-order chi connectivity index (χ1) is 14.2. The van der Waals surface area contributed by atoms with Crippen LogP contribution in [0.15, 0.2) is 44.7 Å². The molecule has 2 heterocycles. The number of aryl methyl sites for hydroxylation is 1. The summed E-state index contributed by atoms with van der Waals surface area (Å²) < 4.78 is 29.1. The molecule has 11 heteroatoms. The fourth-order valence-electron chi connectivity index (χ4n) is 2.30. The predicted molar refractivity (Wildman–Crippen MR) is 114 cm³/mol. The van der Waals surface area contributed by atoms with E-state index in [0.717, 1.165) is 11.1 Å². The van der Waals surface area contributed by atoms with Crippen LogP contribution in [0.3, 0.4) is 0 Å². The van der Waals surface area contributed by atoms with Gasteiger partial charge in [-0.25, -0.2) is 8.42 Å². The van der Waals surface area contributed by atoms with Crippen molar-refractivity contribution >= 4 is 49.9 Å². The van der Waals surface area contributed by atoms with Crippen molar-refractivity contribution in [1.82, 2.24) is 10.2 Å². The maximum atomic E-state index is 12.4. The summed E-state index contributed by atoms with van der Waals surface area (Å²) in [4.78, 5) is 12.4. The molecule has 1 N–H and O–H groups in total. The molecule has 0 atom stereocenters. The van der Waals surface area contributed by atoms with E-state index < -0.39 is 15.7 Å². The van der Waals surface area contributed by atoms with Gasteiger partial charge in [-0.3, -0.25) is 10.1 Å². The molecular formula is C19H15ClN4O4S2. The fourth-order valence-corrected chi connectivity index (χ4v) is 4.46. The summed E-state index contributed by atoms with van der Waals surface area (Å²) in [7, 11) is -3.53. The van der Waals surface area contributed by atoms with Gasteiger partial charge in [0.05, 0.1) is 5.75 Å². The topological polar surface area (TPSA) is 126 Å². The number of nitrogens with zero attached hydrogens (tertiary/aromatic N) is 3. The van der Waals surface area contributed by atoms with Crippen molar-refractivity contribution in [1.29, 1.82) is 5.26 Å². The van der Waals surface area contributed by atoms with Gasteiger partial charge in [-0.05, 0) is 30.7 Å². The first-order valence-electron chi connectivity index (χ1n) is 8.59. The molecule has 0 aliphatic heterocycles. The van der Waals surface area contributed by atoms with Gasteiger partial charge in [0.1, 0.15) is 23.2 Å². The Balaban J connectivity index is 1.79. The molecule has 1 amide bonds. The number of furan rings is 1. The molecule has 0 saturated carbocycles. The van der Waals surface area contributed by atoms with Crippen molar-refractivity contribution < 1.29 is 17.6 Å². The molecule has 3 rings (SSSR count). The summed E-state index contributed by atoms with van der Waals surface area (Å²) in [6, 6.07) is 10.6. The molecule has 154 valence electrons. The molecule has 0 fully saturated rings. The van der Waals surface area contributed by atoms with Crippen LogP contribution < -0.4 is 5.32 Å². The van der Waals surface area contributed by atoms with Gasteiger partial charge in [0.25, 0.3) is 5.91 Å². The zero-order chi connectivity index (χ0) is 21.9. The molecule has 0 aliphatic carbocycles. The predicted octanol–water partition coefficient (Wildman–Crippen LogP) is 4.10. The van der Waals surface area contributed by atoms with Crippen molar-refractivity contribution in [3.05, 3.63) is 52.3 Å². The lowest BCUT2D eigenvalue weighted by molar-refractivity contribution is -0.112. The van der Waals surface area contributed by atoms with Gasteiger partial charge < -0.3 is 4.42 Å². The SMILES string of the molecule is CCS(=O)(=O)c1nnc(NC(=O)/C(C#N)=C\c2ccc(-c3ccc(C)c(Cl)c3)o2)s1. The highest BCUT2D eigenvalue weighted by molar-refractivity contribution is 7.93. The summed E-state index contributed by atoms with van der Waals surface area (Å²) in [6.07, 6.45) is 1.28. The van der Waals surface area contributed by atoms with E-state index in [1.807, 2.05) is 19.1 Å². The molecular weight excluding hydrogens is 448 g/mol. The molecule has 0 spiro atoms. The van der Waals surface area contributed by atoms with Gasteiger partial charge in [0, 0.05) is 16.7 Å². The zero-order valence-corrected chi connectivity index (χ0v) is 18.2. The minimum Gasteiger partial charge on any atom is -0.457 e. The number of aromatic nitrogens is 2. The molecule has 1 aromatic carbocycles. The quantitative estimate of drug-likeness (QED) is 0.332. The Kier molecular flexibility index (Phi) is 6.36. The number of sulfone groups is 1. The summed E-state index contributed by atoms with van der Waals surface area (Å²) in [5.41, 5.74) is 1.45. The average molecular weight is 463 g/mol. The first-order valence-corrected chi connectivity index (χ1v) is 11.4. The molecule has 0 unspecified atom stereocenters. The first kappa shape index (κ1) is 21.7. The number of carbonyl (C=O) groups excluding carboxylic acids is 1. The number of benzene rings is 1. The number of anilines is 1. The highest BCUT2D eigenvalue weighted by atomic mass is 35.5. The third-order valence-electron chi connectivity index (χ3n) is 4.01. The van der Waals surface area contributed by atoms with Crippen molar-refractivity contribution in [2.75, 3.05) is 11.1 Å². The van der Waals surface area contributed by atoms with E-state index in [1.165, 1.54) is 13.0 Å². The smallest absolute Gasteiger partial charge is 0.268 e. The van der Waals surface area contributed by atoms with Gasteiger partial charge in [0.2, 0.25) is 19.3 Å². The highest BCUT2D eigenvalue weighted by Crippen LogP contribution is 2.28. The Morgan fingerprint density at radius 2 is 2.10 bits per heavy atom. The van der Waals surface area contributed by atoms with Gasteiger partial charge in [-0.2, -0.15) is 5.26 Å². The molecule has 3 aromatic rings. The number of nitrogens with one attached hydrogen (secondary N) is 1. The van der Waals surface area contributed by atoms with E-state index in [2.05, 4.69) is 15.5 Å². The Hall–Kier alpha value is -3.00. The molecule has 8 nitrogen and oxygen atoms in total. The Morgan fingerprint density at radius 3 is 2.77 bits per heavy atom. The standard InChI is InChI=1S/C19H15ClN4O4S2/c1-3-30(26,27)19-24-23-18(29-19)22-17(25)13(10-21)8-14-6-7-16(28-14)12-5-4-11(2)15(20)9-12/h4-9H,3H2,1-2H3,(H,22,23,25)/b13-8-.